The van der Waals surface area contributed by atoms with E-state index in [1.54, 1.807) is 0 Å². The van der Waals surface area contributed by atoms with Gasteiger partial charge in [0.1, 0.15) is 0 Å². The van der Waals surface area contributed by atoms with E-state index < -0.39 is 0 Å². The molecule has 9 rings (SSSR count). The molecule has 0 atom stereocenters. The molecule has 0 fully saturated rings. The summed E-state index contributed by atoms with van der Waals surface area (Å²) in [5, 5.41) is 0. The number of hydrogen-bond acceptors (Lipinski definition) is 0. The Morgan fingerprint density at radius 2 is 0.431 bits per heavy atom. The first kappa shape index (κ1) is 36.6. The summed E-state index contributed by atoms with van der Waals surface area (Å²) < 4.78 is 0. The summed E-state index contributed by atoms with van der Waals surface area (Å²) in [6.07, 6.45) is 0. The van der Waals surface area contributed by atoms with Crippen LogP contribution in [-0.2, 0) is 5.41 Å². The minimum atomic E-state index is -0.0908. The maximum absolute atomic E-state index is 2.33. The van der Waals surface area contributed by atoms with Gasteiger partial charge < -0.3 is 0 Å². The van der Waals surface area contributed by atoms with E-state index >= 15 is 0 Å². The minimum Gasteiger partial charge on any atom is -0.0622 e. The van der Waals surface area contributed by atoms with Gasteiger partial charge in [0.05, 0.1) is 0 Å². The molecule has 0 aliphatic rings. The Hall–Kier alpha value is -7.02. The van der Waals surface area contributed by atoms with Gasteiger partial charge >= 0.3 is 0 Å². The molecule has 0 aliphatic carbocycles. The second-order valence-electron chi connectivity index (χ2n) is 16.2. The summed E-state index contributed by atoms with van der Waals surface area (Å²) >= 11 is 0. The molecule has 9 aromatic carbocycles. The largest absolute Gasteiger partial charge is 0.0622 e. The lowest BCUT2D eigenvalue weighted by Crippen LogP contribution is -2.14. The van der Waals surface area contributed by atoms with Crippen LogP contribution in [0.2, 0.25) is 0 Å². The molecule has 0 heteroatoms. The van der Waals surface area contributed by atoms with E-state index in [2.05, 4.69) is 245 Å². The average molecular weight is 743 g/mol. The number of hydrogen-bond donors (Lipinski definition) is 0. The first-order chi connectivity index (χ1) is 28.4. The smallest absolute Gasteiger partial charge is 0.0120 e. The Labute approximate surface area is 343 Å². The normalized spacial score (nSPS) is 11.4. The summed E-state index contributed by atoms with van der Waals surface area (Å²) in [4.78, 5) is 0. The molecule has 0 heterocycles. The van der Waals surface area contributed by atoms with Crippen molar-refractivity contribution < 1.29 is 0 Å². The van der Waals surface area contributed by atoms with Crippen molar-refractivity contribution in [3.05, 3.63) is 230 Å². The van der Waals surface area contributed by atoms with Crippen molar-refractivity contribution in [1.29, 1.82) is 0 Å². The molecule has 0 aromatic heterocycles. The lowest BCUT2D eigenvalue weighted by molar-refractivity contribution is 0.593. The standard InChI is InChI=1S/C58H46/c1-58(2,3)57-55(47-31-27-45(28-32-47)53-37-49(41-17-8-4-9-18-41)35-50(38-53)42-19-10-5-11-20-42)25-16-26-56(57)48-33-29-46(30-34-48)54-39-51(43-21-12-6-13-22-43)36-52(40-54)44-23-14-7-15-24-44/h4-40H,1-3H3. The molecular weight excluding hydrogens is 697 g/mol. The fourth-order valence-electron chi connectivity index (χ4n) is 8.30. The molecule has 0 N–H and O–H groups in total. The summed E-state index contributed by atoms with van der Waals surface area (Å²) in [6.45, 7) is 7.00. The fourth-order valence-corrected chi connectivity index (χ4v) is 8.30. The van der Waals surface area contributed by atoms with Gasteiger partial charge in [-0.25, -0.2) is 0 Å². The number of benzene rings is 9. The van der Waals surface area contributed by atoms with Gasteiger partial charge in [-0.3, -0.25) is 0 Å². The SMILES string of the molecule is CC(C)(C)c1c(-c2ccc(-c3cc(-c4ccccc4)cc(-c4ccccc4)c3)cc2)cccc1-c1ccc(-c2cc(-c3ccccc3)cc(-c3ccccc3)c2)cc1. The van der Waals surface area contributed by atoms with Crippen molar-refractivity contribution >= 4 is 0 Å². The van der Waals surface area contributed by atoms with Crippen LogP contribution in [0.5, 0.6) is 0 Å². The summed E-state index contributed by atoms with van der Waals surface area (Å²) in [6, 6.07) is 81.8. The third-order valence-corrected chi connectivity index (χ3v) is 11.2. The van der Waals surface area contributed by atoms with Crippen LogP contribution in [0, 0.1) is 0 Å². The van der Waals surface area contributed by atoms with Crippen molar-refractivity contribution in [3.8, 4) is 89.0 Å². The van der Waals surface area contributed by atoms with E-state index in [0.717, 1.165) is 0 Å². The first-order valence-electron chi connectivity index (χ1n) is 20.2. The third-order valence-electron chi connectivity index (χ3n) is 11.2. The van der Waals surface area contributed by atoms with Gasteiger partial charge in [-0.1, -0.05) is 209 Å². The fraction of sp³-hybridized carbons (Fsp3) is 0.0690. The van der Waals surface area contributed by atoms with Crippen molar-refractivity contribution in [2.75, 3.05) is 0 Å². The molecule has 278 valence electrons. The predicted molar refractivity (Wildman–Crippen MR) is 249 cm³/mol. The Morgan fingerprint density at radius 1 is 0.207 bits per heavy atom. The predicted octanol–water partition coefficient (Wildman–Crippen LogP) is 16.3. The zero-order valence-corrected chi connectivity index (χ0v) is 33.4. The van der Waals surface area contributed by atoms with Crippen LogP contribution in [0.25, 0.3) is 89.0 Å². The Bertz CT molecular complexity index is 2490. The average Bonchev–Trinajstić information content (AvgIpc) is 3.29. The Kier molecular flexibility index (Phi) is 10.0. The Balaban J connectivity index is 1.07. The molecule has 0 aliphatic heterocycles. The van der Waals surface area contributed by atoms with Crippen LogP contribution in [0.4, 0.5) is 0 Å². The van der Waals surface area contributed by atoms with Crippen molar-refractivity contribution in [1.82, 2.24) is 0 Å². The zero-order chi connectivity index (χ0) is 39.5. The molecule has 0 bridgehead atoms. The monoisotopic (exact) mass is 742 g/mol. The van der Waals surface area contributed by atoms with E-state index in [-0.39, 0.29) is 5.41 Å². The van der Waals surface area contributed by atoms with Gasteiger partial charge in [0.25, 0.3) is 0 Å². The molecule has 0 unspecified atom stereocenters. The van der Waals surface area contributed by atoms with Gasteiger partial charge in [0.2, 0.25) is 0 Å². The van der Waals surface area contributed by atoms with Crippen LogP contribution in [0.15, 0.2) is 224 Å². The minimum absolute atomic E-state index is 0.0908. The molecule has 0 spiro atoms. The van der Waals surface area contributed by atoms with Gasteiger partial charge in [0, 0.05) is 0 Å². The molecular formula is C58H46. The van der Waals surface area contributed by atoms with Gasteiger partial charge in [-0.15, -0.1) is 0 Å². The van der Waals surface area contributed by atoms with Crippen molar-refractivity contribution in [3.63, 3.8) is 0 Å². The second kappa shape index (κ2) is 15.8. The molecule has 0 radical (unpaired) electrons. The highest BCUT2D eigenvalue weighted by molar-refractivity contribution is 5.86. The highest BCUT2D eigenvalue weighted by Crippen LogP contribution is 2.42. The zero-order valence-electron chi connectivity index (χ0n) is 33.4. The van der Waals surface area contributed by atoms with E-state index in [1.165, 1.54) is 94.6 Å². The highest BCUT2D eigenvalue weighted by Gasteiger charge is 2.23. The Morgan fingerprint density at radius 3 is 0.672 bits per heavy atom. The van der Waals surface area contributed by atoms with Gasteiger partial charge in [0.15, 0.2) is 0 Å². The topological polar surface area (TPSA) is 0 Å². The molecule has 0 nitrogen and oxygen atoms in total. The van der Waals surface area contributed by atoms with Crippen LogP contribution in [0.3, 0.4) is 0 Å². The van der Waals surface area contributed by atoms with Gasteiger partial charge in [-0.2, -0.15) is 0 Å². The third kappa shape index (κ3) is 7.70. The first-order valence-corrected chi connectivity index (χ1v) is 20.2. The number of rotatable bonds is 8. The van der Waals surface area contributed by atoms with Crippen LogP contribution >= 0.6 is 0 Å². The van der Waals surface area contributed by atoms with E-state index in [4.69, 9.17) is 0 Å². The second-order valence-corrected chi connectivity index (χ2v) is 16.2. The van der Waals surface area contributed by atoms with Crippen LogP contribution in [0.1, 0.15) is 26.3 Å². The van der Waals surface area contributed by atoms with Crippen molar-refractivity contribution in [2.24, 2.45) is 0 Å². The van der Waals surface area contributed by atoms with E-state index in [1.807, 2.05) is 0 Å². The lowest BCUT2D eigenvalue weighted by Gasteiger charge is -2.27. The summed E-state index contributed by atoms with van der Waals surface area (Å²) in [7, 11) is 0. The highest BCUT2D eigenvalue weighted by atomic mass is 14.3. The summed E-state index contributed by atoms with van der Waals surface area (Å²) in [5.74, 6) is 0. The molecule has 9 aromatic rings. The molecule has 0 amide bonds. The maximum atomic E-state index is 2.33. The van der Waals surface area contributed by atoms with Gasteiger partial charge in [-0.05, 0) is 136 Å². The maximum Gasteiger partial charge on any atom is -0.0120 e. The van der Waals surface area contributed by atoms with E-state index in [0.29, 0.717) is 0 Å². The van der Waals surface area contributed by atoms with Crippen LogP contribution in [-0.4, -0.2) is 0 Å². The molecule has 0 saturated heterocycles. The van der Waals surface area contributed by atoms with Crippen molar-refractivity contribution in [2.45, 2.75) is 26.2 Å². The molecule has 0 saturated carbocycles. The lowest BCUT2D eigenvalue weighted by atomic mass is 9.77. The quantitative estimate of drug-likeness (QED) is 0.145. The summed E-state index contributed by atoms with van der Waals surface area (Å²) in [5.41, 5.74) is 20.8. The van der Waals surface area contributed by atoms with E-state index in [9.17, 15) is 0 Å². The van der Waals surface area contributed by atoms with Crippen LogP contribution < -0.4 is 0 Å². The molecule has 58 heavy (non-hydrogen) atoms.